The molecule has 0 aromatic heterocycles. The van der Waals surface area contributed by atoms with Crippen molar-refractivity contribution in [2.45, 2.75) is 0 Å². The van der Waals surface area contributed by atoms with Gasteiger partial charge in [-0.15, -0.1) is 0 Å². The van der Waals surface area contributed by atoms with Crippen molar-refractivity contribution >= 4 is 40.2 Å². The summed E-state index contributed by atoms with van der Waals surface area (Å²) in [4.78, 5) is 14.9. The molecule has 6 nitrogen and oxygen atoms in total. The zero-order valence-corrected chi connectivity index (χ0v) is 15.0. The molecule has 0 spiro atoms. The third-order valence-electron chi connectivity index (χ3n) is 3.63. The van der Waals surface area contributed by atoms with Gasteiger partial charge >= 0.3 is 0 Å². The largest absolute Gasteiger partial charge is 0.340 e. The van der Waals surface area contributed by atoms with E-state index in [9.17, 15) is 10.1 Å². The van der Waals surface area contributed by atoms with Gasteiger partial charge in [-0.2, -0.15) is 0 Å². The molecular formula is C20H16N4O2S. The highest BCUT2D eigenvalue weighted by Crippen LogP contribution is 2.17. The number of amidine groups is 1. The van der Waals surface area contributed by atoms with Crippen LogP contribution in [0.4, 0.5) is 17.1 Å². The van der Waals surface area contributed by atoms with E-state index in [0.29, 0.717) is 16.6 Å². The Kier molecular flexibility index (Phi) is 5.86. The van der Waals surface area contributed by atoms with Gasteiger partial charge in [0.05, 0.1) is 4.92 Å². The van der Waals surface area contributed by atoms with E-state index in [0.717, 1.165) is 11.3 Å². The standard InChI is InChI=1S/C20H16N4O2S/c25-24(26)18-13-11-17(12-14-18)21-19(15-7-3-1-4-8-15)23-20(27)22-16-9-5-2-6-10-16/h1-14H,(H2,21,22,23,27). The van der Waals surface area contributed by atoms with Gasteiger partial charge in [-0.1, -0.05) is 48.5 Å². The summed E-state index contributed by atoms with van der Waals surface area (Å²) in [7, 11) is 0. The fraction of sp³-hybridized carbons (Fsp3) is 0. The summed E-state index contributed by atoms with van der Waals surface area (Å²) in [5, 5.41) is 17.4. The highest BCUT2D eigenvalue weighted by atomic mass is 32.1. The molecule has 3 aromatic carbocycles. The number of anilines is 2. The van der Waals surface area contributed by atoms with Crippen LogP contribution >= 0.6 is 12.2 Å². The summed E-state index contributed by atoms with van der Waals surface area (Å²) in [5.74, 6) is 0.540. The summed E-state index contributed by atoms with van der Waals surface area (Å²) in [6.07, 6.45) is 0. The number of hydrogen-bond acceptors (Lipinski definition) is 3. The first-order chi connectivity index (χ1) is 13.1. The fourth-order valence-electron chi connectivity index (χ4n) is 2.34. The lowest BCUT2D eigenvalue weighted by atomic mass is 10.2. The smallest absolute Gasteiger partial charge is 0.269 e. The average Bonchev–Trinajstić information content (AvgIpc) is 2.69. The number of nitro benzene ring substituents is 1. The molecule has 0 atom stereocenters. The average molecular weight is 376 g/mol. The maximum Gasteiger partial charge on any atom is 0.269 e. The monoisotopic (exact) mass is 376 g/mol. The van der Waals surface area contributed by atoms with Gasteiger partial charge in [0, 0.05) is 29.1 Å². The minimum absolute atomic E-state index is 0.0278. The molecule has 0 aliphatic rings. The third kappa shape index (κ3) is 5.20. The highest BCUT2D eigenvalue weighted by Gasteiger charge is 2.08. The van der Waals surface area contributed by atoms with Crippen LogP contribution in [0.15, 0.2) is 89.9 Å². The second kappa shape index (κ2) is 8.68. The number of hydrogen-bond donors (Lipinski definition) is 2. The topological polar surface area (TPSA) is 79.6 Å². The molecule has 0 bridgehead atoms. The number of para-hydroxylation sites is 1. The zero-order chi connectivity index (χ0) is 19.1. The first-order valence-corrected chi connectivity index (χ1v) is 8.54. The number of benzene rings is 3. The number of nitrogens with zero attached hydrogens (tertiary/aromatic N) is 2. The molecule has 0 amide bonds. The van der Waals surface area contributed by atoms with Crippen LogP contribution in [-0.4, -0.2) is 15.9 Å². The van der Waals surface area contributed by atoms with Crippen LogP contribution in [-0.2, 0) is 0 Å². The van der Waals surface area contributed by atoms with E-state index in [2.05, 4.69) is 15.6 Å². The Balaban J connectivity index is 1.84. The van der Waals surface area contributed by atoms with Crippen molar-refractivity contribution in [3.8, 4) is 0 Å². The van der Waals surface area contributed by atoms with Crippen molar-refractivity contribution in [3.63, 3.8) is 0 Å². The first kappa shape index (κ1) is 18.2. The van der Waals surface area contributed by atoms with E-state index in [1.807, 2.05) is 60.7 Å². The van der Waals surface area contributed by atoms with E-state index in [1.165, 1.54) is 12.1 Å². The van der Waals surface area contributed by atoms with E-state index in [4.69, 9.17) is 12.2 Å². The molecule has 0 saturated heterocycles. The van der Waals surface area contributed by atoms with Crippen LogP contribution in [0.3, 0.4) is 0 Å². The van der Waals surface area contributed by atoms with Crippen LogP contribution in [0.2, 0.25) is 0 Å². The van der Waals surface area contributed by atoms with Crippen LogP contribution in [0.25, 0.3) is 0 Å². The van der Waals surface area contributed by atoms with Crippen molar-refractivity contribution in [3.05, 3.63) is 101 Å². The molecule has 0 heterocycles. The normalized spacial score (nSPS) is 10.9. The fourth-order valence-corrected chi connectivity index (χ4v) is 2.55. The van der Waals surface area contributed by atoms with E-state index in [-0.39, 0.29) is 5.69 Å². The van der Waals surface area contributed by atoms with Crippen LogP contribution in [0, 0.1) is 10.1 Å². The van der Waals surface area contributed by atoms with E-state index >= 15 is 0 Å². The predicted molar refractivity (Wildman–Crippen MR) is 112 cm³/mol. The second-order valence-electron chi connectivity index (χ2n) is 5.55. The minimum atomic E-state index is -0.436. The maximum atomic E-state index is 10.8. The number of rotatable bonds is 4. The molecule has 0 radical (unpaired) electrons. The summed E-state index contributed by atoms with van der Waals surface area (Å²) in [5.41, 5.74) is 2.38. The number of aliphatic imine (C=N–C) groups is 1. The Hall–Kier alpha value is -3.58. The van der Waals surface area contributed by atoms with E-state index in [1.54, 1.807) is 12.1 Å². The van der Waals surface area contributed by atoms with Gasteiger partial charge in [0.1, 0.15) is 5.84 Å². The molecule has 0 aliphatic heterocycles. The predicted octanol–water partition coefficient (Wildman–Crippen LogP) is 4.85. The zero-order valence-electron chi connectivity index (χ0n) is 14.2. The summed E-state index contributed by atoms with van der Waals surface area (Å²) >= 11 is 5.36. The Bertz CT molecular complexity index is 958. The molecule has 7 heteroatoms. The quantitative estimate of drug-likeness (QED) is 0.224. The van der Waals surface area contributed by atoms with Crippen molar-refractivity contribution in [1.29, 1.82) is 0 Å². The van der Waals surface area contributed by atoms with Crippen LogP contribution in [0.5, 0.6) is 0 Å². The lowest BCUT2D eigenvalue weighted by Gasteiger charge is -2.11. The maximum absolute atomic E-state index is 10.8. The van der Waals surface area contributed by atoms with E-state index < -0.39 is 4.92 Å². The molecule has 3 aromatic rings. The Morgan fingerprint density at radius 2 is 1.37 bits per heavy atom. The Morgan fingerprint density at radius 3 is 1.96 bits per heavy atom. The number of nitro groups is 1. The first-order valence-electron chi connectivity index (χ1n) is 8.13. The molecule has 2 N–H and O–H groups in total. The van der Waals surface area contributed by atoms with Crippen molar-refractivity contribution < 1.29 is 4.92 Å². The molecule has 3 rings (SSSR count). The third-order valence-corrected chi connectivity index (χ3v) is 3.82. The van der Waals surface area contributed by atoms with Crippen molar-refractivity contribution in [1.82, 2.24) is 0 Å². The summed E-state index contributed by atoms with van der Waals surface area (Å²) in [6, 6.07) is 25.2. The second-order valence-corrected chi connectivity index (χ2v) is 5.94. The summed E-state index contributed by atoms with van der Waals surface area (Å²) < 4.78 is 0. The minimum Gasteiger partial charge on any atom is -0.340 e. The lowest BCUT2D eigenvalue weighted by molar-refractivity contribution is -0.384. The molecule has 134 valence electrons. The number of thiocarbonyl (C=S) groups is 1. The van der Waals surface area contributed by atoms with Gasteiger partial charge in [0.15, 0.2) is 5.11 Å². The molecule has 0 aliphatic carbocycles. The Labute approximate surface area is 161 Å². The SMILES string of the molecule is O=[N+]([O-])c1ccc(N/C(=N\C(=S)Nc2ccccc2)c2ccccc2)cc1. The molecule has 0 saturated carbocycles. The van der Waals surface area contributed by atoms with Gasteiger partial charge in [-0.3, -0.25) is 10.1 Å². The molecule has 27 heavy (non-hydrogen) atoms. The molecular weight excluding hydrogens is 360 g/mol. The summed E-state index contributed by atoms with van der Waals surface area (Å²) in [6.45, 7) is 0. The molecule has 0 fully saturated rings. The Morgan fingerprint density at radius 1 is 0.815 bits per heavy atom. The molecule has 0 unspecified atom stereocenters. The van der Waals surface area contributed by atoms with Gasteiger partial charge < -0.3 is 10.6 Å². The van der Waals surface area contributed by atoms with Crippen molar-refractivity contribution in [2.24, 2.45) is 4.99 Å². The lowest BCUT2D eigenvalue weighted by Crippen LogP contribution is -2.18. The van der Waals surface area contributed by atoms with Crippen LogP contribution in [0.1, 0.15) is 5.56 Å². The number of nitrogens with one attached hydrogen (secondary N) is 2. The van der Waals surface area contributed by atoms with Gasteiger partial charge in [-0.25, -0.2) is 4.99 Å². The van der Waals surface area contributed by atoms with Crippen molar-refractivity contribution in [2.75, 3.05) is 10.6 Å². The van der Waals surface area contributed by atoms with Crippen LogP contribution < -0.4 is 10.6 Å². The van der Waals surface area contributed by atoms with Gasteiger partial charge in [0.2, 0.25) is 0 Å². The highest BCUT2D eigenvalue weighted by molar-refractivity contribution is 7.80. The van der Waals surface area contributed by atoms with Gasteiger partial charge in [-0.05, 0) is 36.5 Å². The van der Waals surface area contributed by atoms with Gasteiger partial charge in [0.25, 0.3) is 5.69 Å². The number of non-ortho nitro benzene ring substituents is 1.